The van der Waals surface area contributed by atoms with Crippen LogP contribution in [0.4, 0.5) is 0 Å². The summed E-state index contributed by atoms with van der Waals surface area (Å²) in [6.45, 7) is 2.08. The molecule has 2 unspecified atom stereocenters. The molecular weight excluding hydrogens is 368 g/mol. The first-order valence-corrected chi connectivity index (χ1v) is 10.2. The minimum absolute atomic E-state index is 0.0598. The number of carbonyl (C=O) groups is 2. The first kappa shape index (κ1) is 22.6. The van der Waals surface area contributed by atoms with Gasteiger partial charge in [-0.2, -0.15) is 0 Å². The SMILES string of the molecule is CCCC(CCCCCC(=O)O)C(O)(c1ccccc1)c1ccc(C(=O)O)cc1. The van der Waals surface area contributed by atoms with E-state index in [0.29, 0.717) is 12.0 Å². The number of aliphatic hydroxyl groups is 1. The lowest BCUT2D eigenvalue weighted by Gasteiger charge is -2.38. The molecule has 0 aliphatic carbocycles. The zero-order valence-corrected chi connectivity index (χ0v) is 16.9. The topological polar surface area (TPSA) is 94.8 Å². The molecule has 0 spiro atoms. The third kappa shape index (κ3) is 5.91. The number of rotatable bonds is 12. The molecule has 0 heterocycles. The highest BCUT2D eigenvalue weighted by atomic mass is 16.4. The Morgan fingerprint density at radius 2 is 1.48 bits per heavy atom. The van der Waals surface area contributed by atoms with Gasteiger partial charge in [0.15, 0.2) is 0 Å². The number of carboxylic acids is 2. The van der Waals surface area contributed by atoms with Crippen molar-refractivity contribution in [2.24, 2.45) is 5.92 Å². The van der Waals surface area contributed by atoms with Gasteiger partial charge in [-0.15, -0.1) is 0 Å². The van der Waals surface area contributed by atoms with Gasteiger partial charge < -0.3 is 15.3 Å². The Labute approximate surface area is 172 Å². The van der Waals surface area contributed by atoms with Crippen molar-refractivity contribution < 1.29 is 24.9 Å². The van der Waals surface area contributed by atoms with E-state index in [9.17, 15) is 19.8 Å². The van der Waals surface area contributed by atoms with Crippen molar-refractivity contribution in [1.82, 2.24) is 0 Å². The molecule has 0 radical (unpaired) electrons. The molecule has 0 aliphatic rings. The first-order chi connectivity index (χ1) is 13.9. The molecule has 0 amide bonds. The summed E-state index contributed by atoms with van der Waals surface area (Å²) >= 11 is 0. The smallest absolute Gasteiger partial charge is 0.335 e. The summed E-state index contributed by atoms with van der Waals surface area (Å²) in [7, 11) is 0. The third-order valence-electron chi connectivity index (χ3n) is 5.46. The maximum Gasteiger partial charge on any atom is 0.335 e. The average Bonchev–Trinajstić information content (AvgIpc) is 2.72. The Kier molecular flexibility index (Phi) is 8.40. The van der Waals surface area contributed by atoms with E-state index < -0.39 is 17.5 Å². The predicted octanol–water partition coefficient (Wildman–Crippen LogP) is 5.07. The molecule has 2 aromatic carbocycles. The van der Waals surface area contributed by atoms with Crippen LogP contribution in [0.3, 0.4) is 0 Å². The van der Waals surface area contributed by atoms with Gasteiger partial charge in [0, 0.05) is 6.42 Å². The average molecular weight is 398 g/mol. The van der Waals surface area contributed by atoms with Gasteiger partial charge in [0.05, 0.1) is 5.56 Å². The lowest BCUT2D eigenvalue weighted by Crippen LogP contribution is -2.36. The van der Waals surface area contributed by atoms with Gasteiger partial charge in [-0.1, -0.05) is 68.7 Å². The molecule has 2 rings (SSSR count). The highest BCUT2D eigenvalue weighted by Gasteiger charge is 2.39. The molecule has 0 aliphatic heterocycles. The summed E-state index contributed by atoms with van der Waals surface area (Å²) in [5.41, 5.74) is 0.413. The van der Waals surface area contributed by atoms with E-state index in [-0.39, 0.29) is 17.9 Å². The normalized spacial score (nSPS) is 14.1. The van der Waals surface area contributed by atoms with Gasteiger partial charge in [-0.25, -0.2) is 4.79 Å². The van der Waals surface area contributed by atoms with Crippen molar-refractivity contribution in [2.75, 3.05) is 0 Å². The van der Waals surface area contributed by atoms with Gasteiger partial charge in [-0.3, -0.25) is 4.79 Å². The van der Waals surface area contributed by atoms with Crippen molar-refractivity contribution >= 4 is 11.9 Å². The van der Waals surface area contributed by atoms with Crippen LogP contribution in [0.2, 0.25) is 0 Å². The van der Waals surface area contributed by atoms with Gasteiger partial charge >= 0.3 is 11.9 Å². The Hall–Kier alpha value is -2.66. The van der Waals surface area contributed by atoms with Gasteiger partial charge in [0.1, 0.15) is 5.60 Å². The van der Waals surface area contributed by atoms with Gasteiger partial charge in [-0.05, 0) is 48.4 Å². The van der Waals surface area contributed by atoms with Crippen LogP contribution in [0.15, 0.2) is 54.6 Å². The lowest BCUT2D eigenvalue weighted by molar-refractivity contribution is -0.137. The number of aromatic carboxylic acids is 1. The van der Waals surface area contributed by atoms with Crippen molar-refractivity contribution in [3.63, 3.8) is 0 Å². The number of benzene rings is 2. The van der Waals surface area contributed by atoms with E-state index in [0.717, 1.165) is 37.7 Å². The number of hydrogen-bond donors (Lipinski definition) is 3. The number of unbranched alkanes of at least 4 members (excludes halogenated alkanes) is 2. The quantitative estimate of drug-likeness (QED) is 0.434. The highest BCUT2D eigenvalue weighted by molar-refractivity contribution is 5.87. The van der Waals surface area contributed by atoms with Gasteiger partial charge in [0.25, 0.3) is 0 Å². The largest absolute Gasteiger partial charge is 0.481 e. The number of hydrogen-bond acceptors (Lipinski definition) is 3. The van der Waals surface area contributed by atoms with Crippen LogP contribution in [0.1, 0.15) is 73.4 Å². The maximum absolute atomic E-state index is 12.0. The van der Waals surface area contributed by atoms with Crippen molar-refractivity contribution in [3.8, 4) is 0 Å². The Morgan fingerprint density at radius 3 is 2.03 bits per heavy atom. The van der Waals surface area contributed by atoms with E-state index in [4.69, 9.17) is 5.11 Å². The molecule has 0 bridgehead atoms. The summed E-state index contributed by atoms with van der Waals surface area (Å²) in [6.07, 6.45) is 4.91. The molecule has 5 heteroatoms. The van der Waals surface area contributed by atoms with Crippen LogP contribution in [0.25, 0.3) is 0 Å². The second-order valence-electron chi connectivity index (χ2n) is 7.49. The summed E-state index contributed by atoms with van der Waals surface area (Å²) < 4.78 is 0. The molecule has 0 fully saturated rings. The van der Waals surface area contributed by atoms with E-state index in [1.54, 1.807) is 12.1 Å². The molecule has 2 aromatic rings. The molecule has 156 valence electrons. The standard InChI is InChI=1S/C24H30O5/c1-2-9-19(10-7-4-8-13-22(25)26)24(29,20-11-5-3-6-12-20)21-16-14-18(15-17-21)23(27)28/h3,5-6,11-12,14-17,19,29H,2,4,7-10,13H2,1H3,(H,25,26)(H,27,28). The summed E-state index contributed by atoms with van der Waals surface area (Å²) in [5.74, 6) is -1.84. The first-order valence-electron chi connectivity index (χ1n) is 10.2. The number of carboxylic acid groups (broad SMARTS) is 2. The van der Waals surface area contributed by atoms with Crippen molar-refractivity contribution in [2.45, 2.75) is 57.5 Å². The molecule has 3 N–H and O–H groups in total. The van der Waals surface area contributed by atoms with Crippen LogP contribution >= 0.6 is 0 Å². The molecule has 0 saturated carbocycles. The van der Waals surface area contributed by atoms with Crippen LogP contribution in [0, 0.1) is 5.92 Å². The monoisotopic (exact) mass is 398 g/mol. The summed E-state index contributed by atoms with van der Waals surface area (Å²) in [5, 5.41) is 30.0. The van der Waals surface area contributed by atoms with E-state index in [1.807, 2.05) is 30.3 Å². The van der Waals surface area contributed by atoms with Crippen molar-refractivity contribution in [3.05, 3.63) is 71.3 Å². The van der Waals surface area contributed by atoms with Crippen LogP contribution in [-0.2, 0) is 10.4 Å². The molecule has 2 atom stereocenters. The molecule has 0 aromatic heterocycles. The Morgan fingerprint density at radius 1 is 0.862 bits per heavy atom. The fourth-order valence-electron chi connectivity index (χ4n) is 3.95. The molecule has 29 heavy (non-hydrogen) atoms. The lowest BCUT2D eigenvalue weighted by atomic mass is 9.72. The minimum Gasteiger partial charge on any atom is -0.481 e. The fourth-order valence-corrected chi connectivity index (χ4v) is 3.95. The second-order valence-corrected chi connectivity index (χ2v) is 7.49. The van der Waals surface area contributed by atoms with Crippen LogP contribution in [0.5, 0.6) is 0 Å². The van der Waals surface area contributed by atoms with Crippen LogP contribution in [-0.4, -0.2) is 27.3 Å². The predicted molar refractivity (Wildman–Crippen MR) is 112 cm³/mol. The van der Waals surface area contributed by atoms with Crippen LogP contribution < -0.4 is 0 Å². The second kappa shape index (κ2) is 10.8. The Bertz CT molecular complexity index is 785. The third-order valence-corrected chi connectivity index (χ3v) is 5.46. The zero-order valence-electron chi connectivity index (χ0n) is 16.9. The van der Waals surface area contributed by atoms with Gasteiger partial charge in [0.2, 0.25) is 0 Å². The fraction of sp³-hybridized carbons (Fsp3) is 0.417. The highest BCUT2D eigenvalue weighted by Crippen LogP contribution is 2.41. The van der Waals surface area contributed by atoms with E-state index >= 15 is 0 Å². The summed E-state index contributed by atoms with van der Waals surface area (Å²) in [4.78, 5) is 21.9. The zero-order chi connectivity index (χ0) is 21.3. The summed E-state index contributed by atoms with van der Waals surface area (Å²) in [6, 6.07) is 15.9. The molecular formula is C24H30O5. The van der Waals surface area contributed by atoms with E-state index in [2.05, 4.69) is 6.92 Å². The minimum atomic E-state index is -1.24. The van der Waals surface area contributed by atoms with Crippen molar-refractivity contribution in [1.29, 1.82) is 0 Å². The maximum atomic E-state index is 12.0. The molecule has 5 nitrogen and oxygen atoms in total. The molecule has 0 saturated heterocycles. The number of aliphatic carboxylic acids is 1. The van der Waals surface area contributed by atoms with E-state index in [1.165, 1.54) is 12.1 Å². The Balaban J connectivity index is 2.33.